The molecular formula is C22H33BrO2. The monoisotopic (exact) mass is 408 g/mol. The van der Waals surface area contributed by atoms with E-state index in [0.29, 0.717) is 10.2 Å². The zero-order valence-corrected chi connectivity index (χ0v) is 17.6. The summed E-state index contributed by atoms with van der Waals surface area (Å²) in [4.78, 5) is 0.351. The maximum Gasteiger partial charge on any atom is 0.186 e. The lowest BCUT2D eigenvalue weighted by atomic mass is 9.46. The first-order chi connectivity index (χ1) is 11.9. The fraction of sp³-hybridized carbons (Fsp3) is 0.909. The Labute approximate surface area is 161 Å². The van der Waals surface area contributed by atoms with Gasteiger partial charge in [0.05, 0.1) is 18.0 Å². The first-order valence-corrected chi connectivity index (χ1v) is 11.4. The summed E-state index contributed by atoms with van der Waals surface area (Å²) in [7, 11) is 0. The van der Waals surface area contributed by atoms with E-state index in [4.69, 9.17) is 9.47 Å². The highest BCUT2D eigenvalue weighted by Gasteiger charge is 2.70. The van der Waals surface area contributed by atoms with Gasteiger partial charge in [-0.3, -0.25) is 0 Å². The van der Waals surface area contributed by atoms with Crippen molar-refractivity contribution < 1.29 is 9.47 Å². The van der Waals surface area contributed by atoms with Crippen LogP contribution in [0.4, 0.5) is 0 Å². The van der Waals surface area contributed by atoms with E-state index in [1.165, 1.54) is 38.5 Å². The molecule has 0 aromatic heterocycles. The lowest BCUT2D eigenvalue weighted by Crippen LogP contribution is -2.57. The zero-order chi connectivity index (χ0) is 17.4. The SMILES string of the molecule is CC1C=C[C@@]2(C)C(CCC3C2CC[C@@]2(C)C3CC(Br)C23OCCO3)C1. The second-order valence-corrected chi connectivity index (χ2v) is 11.2. The Hall–Kier alpha value is 0.140. The summed E-state index contributed by atoms with van der Waals surface area (Å²) in [6.07, 6.45) is 13.2. The Morgan fingerprint density at radius 2 is 1.76 bits per heavy atom. The molecule has 3 saturated carbocycles. The molecule has 1 spiro atoms. The maximum atomic E-state index is 6.33. The van der Waals surface area contributed by atoms with Gasteiger partial charge in [0.1, 0.15) is 0 Å². The molecule has 1 aliphatic heterocycles. The van der Waals surface area contributed by atoms with E-state index < -0.39 is 0 Å². The smallest absolute Gasteiger partial charge is 0.186 e. The average molecular weight is 409 g/mol. The predicted octanol–water partition coefficient (Wildman–Crippen LogP) is 5.56. The highest BCUT2D eigenvalue weighted by atomic mass is 79.9. The standard InChI is InChI=1S/C22H33BrO2/c1-14-6-8-20(2)15(12-14)4-5-16-17(20)7-9-21(3)18(16)13-19(23)22(21)24-10-11-25-22/h6,8,14-19H,4-5,7,9-13H2,1-3H3/t14?,15?,16?,17?,18?,19?,20-,21-/m0/s1. The van der Waals surface area contributed by atoms with Gasteiger partial charge in [0.25, 0.3) is 0 Å². The predicted molar refractivity (Wildman–Crippen MR) is 104 cm³/mol. The highest BCUT2D eigenvalue weighted by molar-refractivity contribution is 9.09. The van der Waals surface area contributed by atoms with Crippen LogP contribution in [-0.2, 0) is 9.47 Å². The van der Waals surface area contributed by atoms with Crippen molar-refractivity contribution in [2.75, 3.05) is 13.2 Å². The molecule has 140 valence electrons. The molecule has 0 aromatic rings. The van der Waals surface area contributed by atoms with E-state index in [2.05, 4.69) is 48.9 Å². The lowest BCUT2D eigenvalue weighted by molar-refractivity contribution is -0.241. The van der Waals surface area contributed by atoms with Crippen molar-refractivity contribution in [1.29, 1.82) is 0 Å². The molecular weight excluding hydrogens is 376 g/mol. The molecule has 4 fully saturated rings. The van der Waals surface area contributed by atoms with Gasteiger partial charge in [0, 0.05) is 5.41 Å². The van der Waals surface area contributed by atoms with E-state index in [9.17, 15) is 0 Å². The van der Waals surface area contributed by atoms with E-state index in [-0.39, 0.29) is 11.2 Å². The van der Waals surface area contributed by atoms with Crippen molar-refractivity contribution in [3.05, 3.63) is 12.2 Å². The second kappa shape index (κ2) is 5.58. The summed E-state index contributed by atoms with van der Waals surface area (Å²) in [5.41, 5.74) is 0.597. The van der Waals surface area contributed by atoms with Gasteiger partial charge in [-0.25, -0.2) is 0 Å². The molecule has 6 unspecified atom stereocenters. The molecule has 4 aliphatic carbocycles. The highest BCUT2D eigenvalue weighted by Crippen LogP contribution is 2.69. The second-order valence-electron chi connectivity index (χ2n) is 10.1. The molecule has 2 nitrogen and oxygen atoms in total. The Bertz CT molecular complexity index is 583. The van der Waals surface area contributed by atoms with Gasteiger partial charge in [-0.15, -0.1) is 0 Å². The van der Waals surface area contributed by atoms with Crippen LogP contribution in [0.2, 0.25) is 0 Å². The molecule has 0 amide bonds. The Morgan fingerprint density at radius 1 is 1.00 bits per heavy atom. The molecule has 5 rings (SSSR count). The van der Waals surface area contributed by atoms with Crippen LogP contribution in [0.25, 0.3) is 0 Å². The number of allylic oxidation sites excluding steroid dienone is 2. The number of hydrogen-bond acceptors (Lipinski definition) is 2. The van der Waals surface area contributed by atoms with Gasteiger partial charge in [-0.05, 0) is 73.5 Å². The molecule has 25 heavy (non-hydrogen) atoms. The van der Waals surface area contributed by atoms with Crippen LogP contribution in [0.3, 0.4) is 0 Å². The number of hydrogen-bond donors (Lipinski definition) is 0. The van der Waals surface area contributed by atoms with Crippen LogP contribution in [0.5, 0.6) is 0 Å². The van der Waals surface area contributed by atoms with E-state index in [1.807, 2.05) is 0 Å². The molecule has 0 radical (unpaired) electrons. The molecule has 8 atom stereocenters. The minimum Gasteiger partial charge on any atom is -0.346 e. The Balaban J connectivity index is 1.50. The summed E-state index contributed by atoms with van der Waals surface area (Å²) < 4.78 is 12.7. The Kier molecular flexibility index (Phi) is 3.85. The third-order valence-corrected chi connectivity index (χ3v) is 10.2. The van der Waals surface area contributed by atoms with Crippen LogP contribution < -0.4 is 0 Å². The lowest BCUT2D eigenvalue weighted by Gasteiger charge is -2.60. The van der Waals surface area contributed by atoms with E-state index in [0.717, 1.165) is 42.8 Å². The van der Waals surface area contributed by atoms with Crippen molar-refractivity contribution in [2.24, 2.45) is 40.4 Å². The van der Waals surface area contributed by atoms with Crippen LogP contribution in [-0.4, -0.2) is 23.8 Å². The Morgan fingerprint density at radius 3 is 2.52 bits per heavy atom. The van der Waals surface area contributed by atoms with Crippen LogP contribution >= 0.6 is 15.9 Å². The normalized spacial score (nSPS) is 56.5. The number of halogens is 1. The minimum absolute atomic E-state index is 0.174. The molecule has 5 aliphatic rings. The van der Waals surface area contributed by atoms with Gasteiger partial charge < -0.3 is 9.47 Å². The van der Waals surface area contributed by atoms with Gasteiger partial charge in [0.15, 0.2) is 5.79 Å². The maximum absolute atomic E-state index is 6.33. The number of fused-ring (bicyclic) bond motifs is 6. The number of alkyl halides is 1. The number of rotatable bonds is 0. The molecule has 0 N–H and O–H groups in total. The minimum atomic E-state index is -0.364. The molecule has 0 bridgehead atoms. The fourth-order valence-electron chi connectivity index (χ4n) is 7.86. The van der Waals surface area contributed by atoms with Crippen molar-refractivity contribution in [1.82, 2.24) is 0 Å². The fourth-order valence-corrected chi connectivity index (χ4v) is 9.05. The molecule has 1 saturated heterocycles. The van der Waals surface area contributed by atoms with E-state index >= 15 is 0 Å². The largest absolute Gasteiger partial charge is 0.346 e. The summed E-state index contributed by atoms with van der Waals surface area (Å²) in [5.74, 6) is 3.73. The topological polar surface area (TPSA) is 18.5 Å². The quantitative estimate of drug-likeness (QED) is 0.385. The number of ether oxygens (including phenoxy) is 2. The molecule has 3 heteroatoms. The van der Waals surface area contributed by atoms with E-state index in [1.54, 1.807) is 0 Å². The zero-order valence-electron chi connectivity index (χ0n) is 16.0. The molecule has 1 heterocycles. The van der Waals surface area contributed by atoms with Gasteiger partial charge in [0.2, 0.25) is 0 Å². The van der Waals surface area contributed by atoms with Crippen molar-refractivity contribution in [3.8, 4) is 0 Å². The first kappa shape index (κ1) is 17.3. The first-order valence-electron chi connectivity index (χ1n) is 10.5. The molecule has 0 aromatic carbocycles. The summed E-state index contributed by atoms with van der Waals surface area (Å²) >= 11 is 3.99. The van der Waals surface area contributed by atoms with Crippen LogP contribution in [0, 0.1) is 40.4 Å². The van der Waals surface area contributed by atoms with Gasteiger partial charge >= 0.3 is 0 Å². The third-order valence-electron chi connectivity index (χ3n) is 9.18. The summed E-state index contributed by atoms with van der Waals surface area (Å²) in [6.45, 7) is 8.98. The van der Waals surface area contributed by atoms with Crippen molar-refractivity contribution in [3.63, 3.8) is 0 Å². The van der Waals surface area contributed by atoms with Gasteiger partial charge in [-0.2, -0.15) is 0 Å². The van der Waals surface area contributed by atoms with Crippen LogP contribution in [0.15, 0.2) is 12.2 Å². The summed E-state index contributed by atoms with van der Waals surface area (Å²) in [5, 5.41) is 0. The van der Waals surface area contributed by atoms with Gasteiger partial charge in [-0.1, -0.05) is 48.9 Å². The van der Waals surface area contributed by atoms with Crippen molar-refractivity contribution in [2.45, 2.75) is 69.9 Å². The third kappa shape index (κ3) is 2.10. The summed E-state index contributed by atoms with van der Waals surface area (Å²) in [6, 6.07) is 0. The van der Waals surface area contributed by atoms with Crippen LogP contribution in [0.1, 0.15) is 59.3 Å². The van der Waals surface area contributed by atoms with Crippen molar-refractivity contribution >= 4 is 15.9 Å². The average Bonchev–Trinajstić information content (AvgIpc) is 3.16.